The van der Waals surface area contributed by atoms with Gasteiger partial charge in [0.2, 0.25) is 29.5 Å². The van der Waals surface area contributed by atoms with Crippen molar-refractivity contribution in [3.63, 3.8) is 0 Å². The monoisotopic (exact) mass is 735 g/mol. The molecule has 0 aliphatic heterocycles. The first-order chi connectivity index (χ1) is 24.6. The zero-order valence-electron chi connectivity index (χ0n) is 30.7. The molecule has 12 N–H and O–H groups in total. The number of hydrogen-bond donors (Lipinski definition) is 10. The van der Waals surface area contributed by atoms with Crippen LogP contribution >= 0.6 is 0 Å². The van der Waals surface area contributed by atoms with Crippen LogP contribution in [-0.2, 0) is 39.9 Å². The smallest absolute Gasteiger partial charge is 0.245 e. The number of ketones is 1. The van der Waals surface area contributed by atoms with Gasteiger partial charge in [0.25, 0.3) is 0 Å². The Labute approximate surface area is 304 Å². The number of nitrogens with zero attached hydrogens (tertiary/aromatic N) is 1. The maximum absolute atomic E-state index is 13.7. The van der Waals surface area contributed by atoms with Gasteiger partial charge in [0.15, 0.2) is 11.7 Å². The minimum Gasteiger partial charge on any atom is -0.508 e. The van der Waals surface area contributed by atoms with Crippen molar-refractivity contribution in [3.8, 4) is 5.75 Å². The number of hydrogen-bond acceptors (Lipinski definition) is 11. The second-order valence-electron chi connectivity index (χ2n) is 12.7. The molecule has 18 nitrogen and oxygen atoms in total. The lowest BCUT2D eigenvalue weighted by atomic mass is 9.99. The van der Waals surface area contributed by atoms with Crippen LogP contribution in [0.3, 0.4) is 0 Å². The average molecular weight is 736 g/mol. The van der Waals surface area contributed by atoms with Crippen LogP contribution in [0.4, 0.5) is 0 Å². The molecule has 0 aliphatic carbocycles. The lowest BCUT2D eigenvalue weighted by Gasteiger charge is -2.27. The summed E-state index contributed by atoms with van der Waals surface area (Å²) in [5.41, 5.74) is 11.4. The molecule has 292 valence electrons. The summed E-state index contributed by atoms with van der Waals surface area (Å²) in [5, 5.41) is 35.1. The number of aliphatic hydroxyl groups is 1. The second-order valence-corrected chi connectivity index (χ2v) is 12.7. The number of Topliss-reactive ketones (excluding diaryl/α,β-unsaturated/α-hetero) is 1. The number of carbonyl (C=O) groups is 6. The highest BCUT2D eigenvalue weighted by atomic mass is 16.5. The Morgan fingerprint density at radius 2 is 1.38 bits per heavy atom. The number of aliphatic imine (C=N–C) groups is 1. The number of guanidine groups is 1. The number of aromatic hydroxyl groups is 1. The highest BCUT2D eigenvalue weighted by molar-refractivity contribution is 5.96. The number of carbonyl (C=O) groups excluding carboxylic acids is 6. The molecule has 0 aromatic heterocycles. The van der Waals surface area contributed by atoms with Crippen molar-refractivity contribution in [3.05, 3.63) is 29.8 Å². The predicted molar refractivity (Wildman–Crippen MR) is 194 cm³/mol. The van der Waals surface area contributed by atoms with Gasteiger partial charge in [-0.1, -0.05) is 26.0 Å². The molecular weight excluding hydrogens is 678 g/mol. The molecule has 52 heavy (non-hydrogen) atoms. The summed E-state index contributed by atoms with van der Waals surface area (Å²) in [5.74, 6) is -3.46. The maximum Gasteiger partial charge on any atom is 0.245 e. The number of ether oxygens (including phenoxy) is 1. The number of nitrogens with one attached hydrogen (secondary N) is 6. The first kappa shape index (κ1) is 45.2. The van der Waals surface area contributed by atoms with Crippen molar-refractivity contribution in [2.24, 2.45) is 22.4 Å². The van der Waals surface area contributed by atoms with Crippen molar-refractivity contribution in [2.45, 2.75) is 89.5 Å². The highest BCUT2D eigenvalue weighted by Crippen LogP contribution is 2.13. The lowest BCUT2D eigenvalue weighted by Crippen LogP contribution is -2.60. The van der Waals surface area contributed by atoms with Crippen LogP contribution in [-0.4, -0.2) is 122 Å². The lowest BCUT2D eigenvalue weighted by molar-refractivity contribution is -0.135. The summed E-state index contributed by atoms with van der Waals surface area (Å²) in [6.45, 7) is 4.75. The minimum absolute atomic E-state index is 0.00438. The van der Waals surface area contributed by atoms with E-state index in [0.29, 0.717) is 18.4 Å². The number of nitrogens with two attached hydrogens (primary N) is 2. The molecule has 0 bridgehead atoms. The van der Waals surface area contributed by atoms with Crippen LogP contribution in [0.25, 0.3) is 0 Å². The molecule has 1 rings (SSSR count). The number of methoxy groups -OCH3 is 1. The molecule has 5 amide bonds. The first-order valence-corrected chi connectivity index (χ1v) is 17.2. The van der Waals surface area contributed by atoms with E-state index in [9.17, 15) is 39.0 Å². The van der Waals surface area contributed by atoms with Crippen LogP contribution in [0.15, 0.2) is 29.3 Å². The molecule has 1 aromatic carbocycles. The van der Waals surface area contributed by atoms with E-state index < -0.39 is 60.4 Å². The third-order valence-electron chi connectivity index (χ3n) is 7.79. The minimum atomic E-state index is -1.30. The predicted octanol–water partition coefficient (Wildman–Crippen LogP) is -2.31. The standard InChI is InChI=1S/C34H57N9O9/c1-20(2)16-25(30(48)40-24(8-6-15-39-34(35)36)29(47)9-7-14-38-21(3)45)41-33(51)28(19-52-5)43-31(49)26(42-32(50)27(18-44)37-4)17-22-10-12-23(46)13-11-22/h10-13,20,24-28,37,44,46H,6-9,14-19H2,1-5H3,(H,38,45)(H,40,48)(H,41,51)(H,42,50)(H,43,49)(H4,35,36,39)/t24-,25-,26-,27-,28+/m0/s1. The fourth-order valence-electron chi connectivity index (χ4n) is 5.04. The third-order valence-corrected chi connectivity index (χ3v) is 7.79. The topological polar surface area (TPSA) is 289 Å². The number of likely N-dealkylation sites (N-methyl/N-ethyl adjacent to an activating group) is 1. The zero-order valence-corrected chi connectivity index (χ0v) is 30.7. The number of aliphatic hydroxyl groups excluding tert-OH is 1. The SMILES string of the molecule is CN[C@@H](CO)C(=O)N[C@@H](Cc1ccc(O)cc1)C(=O)N[C@H](COC)C(=O)N[C@@H](CC(C)C)C(=O)N[C@@H](CCCN=C(N)N)C(=O)CCCNC(C)=O. The van der Waals surface area contributed by atoms with Crippen molar-refractivity contribution in [1.29, 1.82) is 0 Å². The number of benzene rings is 1. The van der Waals surface area contributed by atoms with Crippen molar-refractivity contribution >= 4 is 41.3 Å². The van der Waals surface area contributed by atoms with Gasteiger partial charge in [-0.3, -0.25) is 33.8 Å². The van der Waals surface area contributed by atoms with E-state index in [2.05, 4.69) is 36.9 Å². The Bertz CT molecular complexity index is 1330. The average Bonchev–Trinajstić information content (AvgIpc) is 3.08. The van der Waals surface area contributed by atoms with Crippen LogP contribution < -0.4 is 43.4 Å². The van der Waals surface area contributed by atoms with E-state index in [0.717, 1.165) is 0 Å². The Balaban J connectivity index is 3.21. The summed E-state index contributed by atoms with van der Waals surface area (Å²) >= 11 is 0. The van der Waals surface area contributed by atoms with Gasteiger partial charge < -0.3 is 58.3 Å². The molecular formula is C34H57N9O9. The number of amides is 5. The van der Waals surface area contributed by atoms with Gasteiger partial charge in [-0.25, -0.2) is 0 Å². The Kier molecular flexibility index (Phi) is 21.2. The molecule has 0 spiro atoms. The van der Waals surface area contributed by atoms with Gasteiger partial charge in [-0.2, -0.15) is 0 Å². The number of phenolic OH excluding ortho intramolecular Hbond substituents is 1. The van der Waals surface area contributed by atoms with E-state index >= 15 is 0 Å². The molecule has 0 radical (unpaired) electrons. The molecule has 0 fully saturated rings. The number of rotatable bonds is 25. The van der Waals surface area contributed by atoms with Gasteiger partial charge in [-0.15, -0.1) is 0 Å². The van der Waals surface area contributed by atoms with Crippen LogP contribution in [0.1, 0.15) is 58.4 Å². The summed E-state index contributed by atoms with van der Waals surface area (Å²) < 4.78 is 5.21. The van der Waals surface area contributed by atoms with Crippen molar-refractivity contribution in [2.75, 3.05) is 40.5 Å². The number of phenols is 1. The van der Waals surface area contributed by atoms with E-state index in [4.69, 9.17) is 16.2 Å². The zero-order chi connectivity index (χ0) is 39.2. The van der Waals surface area contributed by atoms with Crippen LogP contribution in [0.2, 0.25) is 0 Å². The quantitative estimate of drug-likeness (QED) is 0.0288. The Morgan fingerprint density at radius 3 is 1.94 bits per heavy atom. The molecule has 0 heterocycles. The highest BCUT2D eigenvalue weighted by Gasteiger charge is 2.32. The molecule has 0 aliphatic rings. The van der Waals surface area contributed by atoms with E-state index in [1.54, 1.807) is 12.1 Å². The molecule has 0 saturated heterocycles. The van der Waals surface area contributed by atoms with Crippen LogP contribution in [0, 0.1) is 5.92 Å². The Morgan fingerprint density at radius 1 is 0.827 bits per heavy atom. The third kappa shape index (κ3) is 17.9. The molecule has 1 aromatic rings. The van der Waals surface area contributed by atoms with E-state index in [1.165, 1.54) is 33.2 Å². The second kappa shape index (κ2) is 24.4. The maximum atomic E-state index is 13.7. The van der Waals surface area contributed by atoms with Gasteiger partial charge in [0.1, 0.15) is 29.9 Å². The molecule has 5 atom stereocenters. The first-order valence-electron chi connectivity index (χ1n) is 17.2. The largest absolute Gasteiger partial charge is 0.508 e. The van der Waals surface area contributed by atoms with Crippen molar-refractivity contribution in [1.82, 2.24) is 31.9 Å². The summed E-state index contributed by atoms with van der Waals surface area (Å²) in [6.07, 6.45) is 1.18. The summed E-state index contributed by atoms with van der Waals surface area (Å²) in [6, 6.07) is 0.425. The molecule has 18 heteroatoms. The van der Waals surface area contributed by atoms with Gasteiger partial charge in [0.05, 0.1) is 19.3 Å². The summed E-state index contributed by atoms with van der Waals surface area (Å²) in [7, 11) is 2.79. The molecule has 0 unspecified atom stereocenters. The van der Waals surface area contributed by atoms with Crippen molar-refractivity contribution < 1.29 is 43.7 Å². The van der Waals surface area contributed by atoms with Gasteiger partial charge >= 0.3 is 0 Å². The molecule has 0 saturated carbocycles. The van der Waals surface area contributed by atoms with Gasteiger partial charge in [-0.05, 0) is 56.3 Å². The normalized spacial score (nSPS) is 13.8. The van der Waals surface area contributed by atoms with E-state index in [1.807, 2.05) is 13.8 Å². The fraction of sp³-hybridized carbons (Fsp3) is 0.618. The fourth-order valence-corrected chi connectivity index (χ4v) is 5.04. The van der Waals surface area contributed by atoms with Gasteiger partial charge in [0, 0.05) is 40.0 Å². The van der Waals surface area contributed by atoms with E-state index in [-0.39, 0.29) is 74.7 Å². The Hall–Kier alpha value is -4.81. The van der Waals surface area contributed by atoms with Crippen LogP contribution in [0.5, 0.6) is 5.75 Å². The summed E-state index contributed by atoms with van der Waals surface area (Å²) in [4.78, 5) is 82.1.